The van der Waals surface area contributed by atoms with Gasteiger partial charge in [-0.25, -0.2) is 46.2 Å². The molecule has 2 N–H and O–H groups in total. The Morgan fingerprint density at radius 3 is 1.30 bits per heavy atom. The largest absolute Gasteiger partial charge is 0.341 e. The first-order valence-electron chi connectivity index (χ1n) is 25.9. The summed E-state index contributed by atoms with van der Waals surface area (Å²) in [7, 11) is -5.13. The number of nitrogens with zero attached hydrogens (tertiary/aromatic N) is 11. The van der Waals surface area contributed by atoms with E-state index in [1.807, 2.05) is 60.7 Å². The fourth-order valence-electron chi connectivity index (χ4n) is 10.8. The van der Waals surface area contributed by atoms with Crippen LogP contribution in [0.3, 0.4) is 0 Å². The number of imidazole rings is 2. The molecule has 0 unspecified atom stereocenters. The van der Waals surface area contributed by atoms with Gasteiger partial charge in [-0.2, -0.15) is 8.61 Å². The quantitative estimate of drug-likeness (QED) is 0.124. The number of piperazine rings is 2. The summed E-state index contributed by atoms with van der Waals surface area (Å²) in [5, 5.41) is 6.21. The number of pyridine rings is 1. The molecule has 3 aromatic heterocycles. The first-order valence-corrected chi connectivity index (χ1v) is 31.1. The standard InChI is InChI=1S/C30H29Cl2N7O4S.C25H25BrCl2N6O4S/c1-30(17-20-5-7-21(8-6-20)22-4-3-9-34-18-22)27(40)38(25-15-23(31)14-24(32)16-25)28-35-19-26(39(28)30)44(42,43)37-12-10-36(11-13-37)29(41)33-2;1-25(14-16-3-5-17(26)6-4-16)22(35)33(20-12-18(27)11-19(28)13-20)23-30-15-21(34(23)25)39(37,38)32-9-7-31(8-10-32)24(36)29-2/h3-9,14-16,18-19H,10-13,17H2,1-2H3,(H,33,41);3-6,11-13,15H,7-10,14H2,1-2H3,(H,29,36)/t30-;25-/m11/s1. The average molecular weight is 1310 g/mol. The lowest BCUT2D eigenvalue weighted by Gasteiger charge is -2.34. The Morgan fingerprint density at radius 1 is 0.554 bits per heavy atom. The number of fused-ring (bicyclic) bond motifs is 2. The van der Waals surface area contributed by atoms with Crippen LogP contribution in [0.2, 0.25) is 20.1 Å². The summed E-state index contributed by atoms with van der Waals surface area (Å²) in [4.78, 5) is 71.5. The Labute approximate surface area is 507 Å². The van der Waals surface area contributed by atoms with Crippen molar-refractivity contribution in [2.24, 2.45) is 0 Å². The molecule has 11 rings (SSSR count). The lowest BCUT2D eigenvalue weighted by molar-refractivity contribution is -0.124. The minimum absolute atomic E-state index is 0.102. The molecule has 0 aliphatic carbocycles. The average Bonchev–Trinajstić information content (AvgIpc) is 4.11. The maximum Gasteiger partial charge on any atom is 0.317 e. The second-order valence-electron chi connectivity index (χ2n) is 20.4. The highest BCUT2D eigenvalue weighted by Gasteiger charge is 2.54. The van der Waals surface area contributed by atoms with E-state index in [0.29, 0.717) is 31.5 Å². The van der Waals surface area contributed by atoms with Crippen LogP contribution in [0, 0.1) is 0 Å². The van der Waals surface area contributed by atoms with Crippen LogP contribution in [0.5, 0.6) is 0 Å². The van der Waals surface area contributed by atoms with E-state index < -0.39 is 31.1 Å². The maximum atomic E-state index is 14.4. The maximum absolute atomic E-state index is 14.4. The molecular formula is C55H54BrCl4N13O8S2. The van der Waals surface area contributed by atoms with Crippen LogP contribution in [-0.4, -0.2) is 150 Å². The van der Waals surface area contributed by atoms with Crippen molar-refractivity contribution in [3.63, 3.8) is 0 Å². The molecule has 434 valence electrons. The predicted molar refractivity (Wildman–Crippen MR) is 320 cm³/mol. The third kappa shape index (κ3) is 11.3. The highest BCUT2D eigenvalue weighted by atomic mass is 79.9. The number of hydrogen-bond donors (Lipinski definition) is 2. The predicted octanol–water partition coefficient (Wildman–Crippen LogP) is 8.77. The molecule has 4 aliphatic heterocycles. The summed E-state index contributed by atoms with van der Waals surface area (Å²) in [6.45, 7) is 4.78. The van der Waals surface area contributed by atoms with E-state index in [2.05, 4.69) is 41.5 Å². The number of aromatic nitrogens is 5. The summed E-state index contributed by atoms with van der Waals surface area (Å²) in [6, 6.07) is 28.0. The number of nitrogens with one attached hydrogen (secondary N) is 2. The number of urea groups is 2. The highest BCUT2D eigenvalue weighted by Crippen LogP contribution is 2.47. The third-order valence-corrected chi connectivity index (χ3v) is 20.1. The van der Waals surface area contributed by atoms with Crippen molar-refractivity contribution >= 4 is 130 Å². The number of hydrogen-bond acceptors (Lipinski definition) is 11. The number of sulfonamides is 2. The fraction of sp³-hybridized carbons (Fsp3) is 0.291. The Bertz CT molecular complexity index is 3860. The Hall–Kier alpha value is -6.61. The second-order valence-corrected chi connectivity index (χ2v) is 26.8. The minimum Gasteiger partial charge on any atom is -0.341 e. The number of amides is 6. The second kappa shape index (κ2) is 23.4. The van der Waals surface area contributed by atoms with E-state index in [-0.39, 0.29) is 111 Å². The molecule has 4 aliphatic rings. The van der Waals surface area contributed by atoms with Gasteiger partial charge in [0.25, 0.3) is 31.9 Å². The summed E-state index contributed by atoms with van der Waals surface area (Å²) in [5.74, 6) is -0.449. The first kappa shape index (κ1) is 59.5. The SMILES string of the molecule is CNC(=O)N1CCN(S(=O)(=O)c2cnc3n2[C@](C)(Cc2ccc(-c4cccnc4)cc2)C(=O)N3c2cc(Cl)cc(Cl)c2)CC1.CNC(=O)N1CCN(S(=O)(=O)c2cnc3n2[C@](C)(Cc2ccc(Br)cc2)C(=O)N3c2cc(Cl)cc(Cl)c2)CC1. The molecule has 6 amide bonds. The van der Waals surface area contributed by atoms with Crippen molar-refractivity contribution in [1.29, 1.82) is 0 Å². The summed E-state index contributed by atoms with van der Waals surface area (Å²) >= 11 is 28.5. The molecule has 28 heteroatoms. The number of anilines is 4. The minimum atomic E-state index is -4.11. The van der Waals surface area contributed by atoms with Gasteiger partial charge in [0.2, 0.25) is 11.9 Å². The Morgan fingerprint density at radius 2 is 0.940 bits per heavy atom. The number of halogens is 5. The van der Waals surface area contributed by atoms with Gasteiger partial charge >= 0.3 is 12.1 Å². The third-order valence-electron chi connectivity index (χ3n) is 15.0. The summed E-state index contributed by atoms with van der Waals surface area (Å²) in [5.41, 5.74) is 1.62. The lowest BCUT2D eigenvalue weighted by atomic mass is 9.91. The molecule has 0 spiro atoms. The van der Waals surface area contributed by atoms with Gasteiger partial charge in [0.05, 0.1) is 23.8 Å². The van der Waals surface area contributed by atoms with Crippen LogP contribution in [0.4, 0.5) is 32.9 Å². The van der Waals surface area contributed by atoms with Crippen LogP contribution >= 0.6 is 62.3 Å². The Kier molecular flexibility index (Phi) is 16.8. The molecule has 4 aromatic carbocycles. The van der Waals surface area contributed by atoms with Crippen LogP contribution < -0.4 is 20.4 Å². The van der Waals surface area contributed by atoms with Gasteiger partial charge in [0, 0.05) is 116 Å². The van der Waals surface area contributed by atoms with Crippen molar-refractivity contribution in [2.45, 2.75) is 47.8 Å². The topological polar surface area (TPSA) is 229 Å². The Balaban J connectivity index is 0.000000187. The van der Waals surface area contributed by atoms with Crippen molar-refractivity contribution in [2.75, 3.05) is 76.3 Å². The summed E-state index contributed by atoms with van der Waals surface area (Å²) in [6.07, 6.45) is 6.43. The van der Waals surface area contributed by atoms with Crippen molar-refractivity contribution in [1.82, 2.24) is 53.1 Å². The molecular weight excluding hydrogens is 1260 g/mol. The zero-order chi connectivity index (χ0) is 59.3. The molecule has 7 aromatic rings. The lowest BCUT2D eigenvalue weighted by Crippen LogP contribution is -2.53. The number of benzene rings is 4. The molecule has 2 fully saturated rings. The molecule has 7 heterocycles. The molecule has 2 atom stereocenters. The molecule has 0 bridgehead atoms. The van der Waals surface area contributed by atoms with Gasteiger partial charge in [0.15, 0.2) is 10.1 Å². The van der Waals surface area contributed by atoms with Crippen molar-refractivity contribution < 1.29 is 36.0 Å². The van der Waals surface area contributed by atoms with E-state index in [1.54, 1.807) is 72.4 Å². The molecule has 21 nitrogen and oxygen atoms in total. The van der Waals surface area contributed by atoms with Gasteiger partial charge in [-0.05, 0) is 90.7 Å². The number of rotatable bonds is 11. The fourth-order valence-corrected chi connectivity index (χ4v) is 15.3. The number of carbonyl (C=O) groups excluding carboxylic acids is 4. The zero-order valence-electron chi connectivity index (χ0n) is 45.0. The molecule has 0 saturated carbocycles. The van der Waals surface area contributed by atoms with Crippen LogP contribution in [0.25, 0.3) is 11.1 Å². The van der Waals surface area contributed by atoms with E-state index in [0.717, 1.165) is 26.7 Å². The van der Waals surface area contributed by atoms with Crippen LogP contribution in [0.15, 0.2) is 136 Å². The van der Waals surface area contributed by atoms with E-state index in [1.165, 1.54) is 54.0 Å². The number of carbonyl (C=O) groups is 4. The molecule has 2 saturated heterocycles. The van der Waals surface area contributed by atoms with E-state index in [9.17, 15) is 36.0 Å². The van der Waals surface area contributed by atoms with Gasteiger partial charge in [-0.15, -0.1) is 0 Å². The van der Waals surface area contributed by atoms with E-state index >= 15 is 0 Å². The van der Waals surface area contributed by atoms with Crippen molar-refractivity contribution in [3.8, 4) is 11.1 Å². The van der Waals surface area contributed by atoms with Crippen molar-refractivity contribution in [3.05, 3.63) is 158 Å². The van der Waals surface area contributed by atoms with Gasteiger partial charge in [0.1, 0.15) is 11.1 Å². The van der Waals surface area contributed by atoms with Crippen LogP contribution in [-0.2, 0) is 53.6 Å². The van der Waals surface area contributed by atoms with Gasteiger partial charge in [-0.3, -0.25) is 23.7 Å². The van der Waals surface area contributed by atoms with E-state index in [4.69, 9.17) is 46.4 Å². The smallest absolute Gasteiger partial charge is 0.317 e. The first-order chi connectivity index (χ1) is 39.5. The normalized spacial score (nSPS) is 19.3. The van der Waals surface area contributed by atoms with Gasteiger partial charge in [-0.1, -0.05) is 105 Å². The molecule has 83 heavy (non-hydrogen) atoms. The monoisotopic (exact) mass is 1310 g/mol. The zero-order valence-corrected chi connectivity index (χ0v) is 51.3. The summed E-state index contributed by atoms with van der Waals surface area (Å²) < 4.78 is 62.7. The van der Waals surface area contributed by atoms with Crippen LogP contribution in [0.1, 0.15) is 25.0 Å². The van der Waals surface area contributed by atoms with Gasteiger partial charge < -0.3 is 20.4 Å². The highest BCUT2D eigenvalue weighted by molar-refractivity contribution is 9.10. The molecule has 0 radical (unpaired) electrons.